The van der Waals surface area contributed by atoms with Crippen LogP contribution in [0.1, 0.15) is 31.4 Å². The zero-order chi connectivity index (χ0) is 13.1. The van der Waals surface area contributed by atoms with Gasteiger partial charge in [0.2, 0.25) is 5.91 Å². The minimum atomic E-state index is -0.401. The summed E-state index contributed by atoms with van der Waals surface area (Å²) in [6.07, 6.45) is 2.97. The number of rotatable bonds is 3. The highest BCUT2D eigenvalue weighted by Crippen LogP contribution is 2.21. The molecule has 1 aromatic rings. The third-order valence-corrected chi connectivity index (χ3v) is 3.71. The molecule has 1 aromatic carbocycles. The molecular weight excluding hydrogens is 260 g/mol. The van der Waals surface area contributed by atoms with Gasteiger partial charge in [-0.3, -0.25) is 4.79 Å². The average molecular weight is 283 g/mol. The molecular formula is C15H23ClN2O. The van der Waals surface area contributed by atoms with Crippen molar-refractivity contribution in [3.8, 4) is 0 Å². The zero-order valence-corrected chi connectivity index (χ0v) is 12.4. The van der Waals surface area contributed by atoms with Gasteiger partial charge < -0.3 is 11.1 Å². The lowest BCUT2D eigenvalue weighted by atomic mass is 9.88. The van der Waals surface area contributed by atoms with Gasteiger partial charge in [0, 0.05) is 6.04 Å². The van der Waals surface area contributed by atoms with Gasteiger partial charge in [0.15, 0.2) is 0 Å². The number of nitrogens with two attached hydrogens (primary N) is 1. The summed E-state index contributed by atoms with van der Waals surface area (Å²) in [5.41, 5.74) is 8.63. The molecule has 2 unspecified atom stereocenters. The summed E-state index contributed by atoms with van der Waals surface area (Å²) in [4.78, 5) is 11.9. The van der Waals surface area contributed by atoms with Crippen LogP contribution in [0.3, 0.4) is 0 Å². The number of carbonyl (C=O) groups excluding carboxylic acids is 1. The van der Waals surface area contributed by atoms with Gasteiger partial charge in [-0.2, -0.15) is 0 Å². The van der Waals surface area contributed by atoms with Gasteiger partial charge in [0.1, 0.15) is 0 Å². The Bertz CT molecular complexity index is 434. The maximum atomic E-state index is 11.9. The Balaban J connectivity index is 0.00000180. The largest absolute Gasteiger partial charge is 0.352 e. The number of amides is 1. The first-order valence-electron chi connectivity index (χ1n) is 6.70. The molecule has 3 N–H and O–H groups in total. The van der Waals surface area contributed by atoms with E-state index in [1.165, 1.54) is 11.1 Å². The Morgan fingerprint density at radius 2 is 1.95 bits per heavy atom. The van der Waals surface area contributed by atoms with E-state index in [9.17, 15) is 4.79 Å². The molecule has 0 spiro atoms. The molecule has 0 bridgehead atoms. The molecule has 0 saturated carbocycles. The van der Waals surface area contributed by atoms with Crippen LogP contribution in [0.2, 0.25) is 0 Å². The van der Waals surface area contributed by atoms with Crippen LogP contribution >= 0.6 is 12.4 Å². The molecule has 0 aliphatic heterocycles. The van der Waals surface area contributed by atoms with Crippen molar-refractivity contribution in [2.75, 3.05) is 0 Å². The van der Waals surface area contributed by atoms with E-state index in [0.717, 1.165) is 19.3 Å². The Morgan fingerprint density at radius 1 is 1.32 bits per heavy atom. The summed E-state index contributed by atoms with van der Waals surface area (Å²) in [5.74, 6) is 0.162. The predicted molar refractivity (Wildman–Crippen MR) is 80.5 cm³/mol. The normalized spacial score (nSPS) is 19.3. The molecule has 0 saturated heterocycles. The molecule has 1 aliphatic rings. The summed E-state index contributed by atoms with van der Waals surface area (Å²) >= 11 is 0. The first-order valence-corrected chi connectivity index (χ1v) is 6.70. The smallest absolute Gasteiger partial charge is 0.237 e. The topological polar surface area (TPSA) is 55.1 Å². The van der Waals surface area contributed by atoms with Crippen molar-refractivity contribution < 1.29 is 4.79 Å². The minimum absolute atomic E-state index is 0. The summed E-state index contributed by atoms with van der Waals surface area (Å²) in [7, 11) is 0. The lowest BCUT2D eigenvalue weighted by Gasteiger charge is -2.27. The molecule has 1 amide bonds. The van der Waals surface area contributed by atoms with Crippen LogP contribution in [0.5, 0.6) is 0 Å². The first kappa shape index (κ1) is 16.0. The number of fused-ring (bicyclic) bond motifs is 1. The van der Waals surface area contributed by atoms with Crippen molar-refractivity contribution in [1.82, 2.24) is 5.32 Å². The molecule has 0 heterocycles. The van der Waals surface area contributed by atoms with Gasteiger partial charge >= 0.3 is 0 Å². The SMILES string of the molecule is CC(C)C(N)C(=O)NC1CCc2ccccc2C1.Cl. The van der Waals surface area contributed by atoms with Crippen LogP contribution in [-0.4, -0.2) is 18.0 Å². The van der Waals surface area contributed by atoms with Crippen molar-refractivity contribution >= 4 is 18.3 Å². The molecule has 0 fully saturated rings. The Kier molecular flexibility index (Phi) is 5.83. The van der Waals surface area contributed by atoms with Crippen LogP contribution in [0.4, 0.5) is 0 Å². The summed E-state index contributed by atoms with van der Waals surface area (Å²) in [6, 6.07) is 8.29. The van der Waals surface area contributed by atoms with Crippen molar-refractivity contribution in [1.29, 1.82) is 0 Å². The molecule has 3 nitrogen and oxygen atoms in total. The second kappa shape index (κ2) is 6.92. The molecule has 19 heavy (non-hydrogen) atoms. The summed E-state index contributed by atoms with van der Waals surface area (Å²) < 4.78 is 0. The van der Waals surface area contributed by atoms with E-state index in [4.69, 9.17) is 5.73 Å². The molecule has 0 radical (unpaired) electrons. The summed E-state index contributed by atoms with van der Waals surface area (Å²) in [5, 5.41) is 3.08. The second-order valence-corrected chi connectivity index (χ2v) is 5.49. The number of halogens is 1. The van der Waals surface area contributed by atoms with Gasteiger partial charge in [-0.15, -0.1) is 12.4 Å². The van der Waals surface area contributed by atoms with Crippen LogP contribution in [0.15, 0.2) is 24.3 Å². The molecule has 1 aliphatic carbocycles. The highest BCUT2D eigenvalue weighted by molar-refractivity contribution is 5.85. The Labute approximate surface area is 121 Å². The fraction of sp³-hybridized carbons (Fsp3) is 0.533. The molecule has 2 rings (SSSR count). The third-order valence-electron chi connectivity index (χ3n) is 3.71. The van der Waals surface area contributed by atoms with Crippen molar-refractivity contribution in [2.24, 2.45) is 11.7 Å². The quantitative estimate of drug-likeness (QED) is 0.892. The maximum absolute atomic E-state index is 11.9. The fourth-order valence-corrected chi connectivity index (χ4v) is 2.42. The van der Waals surface area contributed by atoms with E-state index >= 15 is 0 Å². The van der Waals surface area contributed by atoms with Crippen molar-refractivity contribution in [3.05, 3.63) is 35.4 Å². The van der Waals surface area contributed by atoms with E-state index in [1.807, 2.05) is 13.8 Å². The lowest BCUT2D eigenvalue weighted by molar-refractivity contribution is -0.124. The number of benzene rings is 1. The molecule has 4 heteroatoms. The third kappa shape index (κ3) is 3.95. The monoisotopic (exact) mass is 282 g/mol. The van der Waals surface area contributed by atoms with Crippen LogP contribution in [-0.2, 0) is 17.6 Å². The number of carbonyl (C=O) groups is 1. The van der Waals surface area contributed by atoms with E-state index in [2.05, 4.69) is 29.6 Å². The minimum Gasteiger partial charge on any atom is -0.352 e. The second-order valence-electron chi connectivity index (χ2n) is 5.49. The highest BCUT2D eigenvalue weighted by Gasteiger charge is 2.23. The van der Waals surface area contributed by atoms with E-state index in [0.29, 0.717) is 0 Å². The van der Waals surface area contributed by atoms with Gasteiger partial charge in [-0.1, -0.05) is 38.1 Å². The number of aryl methyl sites for hydroxylation is 1. The van der Waals surface area contributed by atoms with Crippen LogP contribution < -0.4 is 11.1 Å². The van der Waals surface area contributed by atoms with E-state index in [-0.39, 0.29) is 30.3 Å². The van der Waals surface area contributed by atoms with Crippen LogP contribution in [0.25, 0.3) is 0 Å². The van der Waals surface area contributed by atoms with Gasteiger partial charge in [0.05, 0.1) is 6.04 Å². The Morgan fingerprint density at radius 3 is 2.58 bits per heavy atom. The lowest BCUT2D eigenvalue weighted by Crippen LogP contribution is -2.49. The van der Waals surface area contributed by atoms with Crippen LogP contribution in [0, 0.1) is 5.92 Å². The number of hydrogen-bond donors (Lipinski definition) is 2. The number of nitrogens with one attached hydrogen (secondary N) is 1. The average Bonchev–Trinajstić information content (AvgIpc) is 2.37. The standard InChI is InChI=1S/C15H22N2O.ClH/c1-10(2)14(16)15(18)17-13-8-7-11-5-3-4-6-12(11)9-13;/h3-6,10,13-14H,7-9,16H2,1-2H3,(H,17,18);1H. The maximum Gasteiger partial charge on any atom is 0.237 e. The zero-order valence-electron chi connectivity index (χ0n) is 11.6. The van der Waals surface area contributed by atoms with E-state index in [1.54, 1.807) is 0 Å². The first-order chi connectivity index (χ1) is 8.58. The van der Waals surface area contributed by atoms with Gasteiger partial charge in [0.25, 0.3) is 0 Å². The van der Waals surface area contributed by atoms with Crippen molar-refractivity contribution in [3.63, 3.8) is 0 Å². The highest BCUT2D eigenvalue weighted by atomic mass is 35.5. The van der Waals surface area contributed by atoms with Gasteiger partial charge in [-0.05, 0) is 36.3 Å². The molecule has 2 atom stereocenters. The predicted octanol–water partition coefficient (Wildman–Crippen LogP) is 2.07. The molecule has 106 valence electrons. The van der Waals surface area contributed by atoms with Gasteiger partial charge in [-0.25, -0.2) is 0 Å². The molecule has 0 aromatic heterocycles. The fourth-order valence-electron chi connectivity index (χ4n) is 2.42. The number of hydrogen-bond acceptors (Lipinski definition) is 2. The van der Waals surface area contributed by atoms with E-state index < -0.39 is 6.04 Å². The Hall–Kier alpha value is -1.06. The summed E-state index contributed by atoms with van der Waals surface area (Å²) in [6.45, 7) is 3.95. The van der Waals surface area contributed by atoms with Crippen molar-refractivity contribution in [2.45, 2.75) is 45.2 Å².